The van der Waals surface area contributed by atoms with Crippen LogP contribution >= 0.6 is 0 Å². The molecule has 0 bridgehead atoms. The fourth-order valence-corrected chi connectivity index (χ4v) is 3.31. The number of rotatable bonds is 3. The maximum atomic E-state index is 10.6. The summed E-state index contributed by atoms with van der Waals surface area (Å²) >= 11 is 0. The van der Waals surface area contributed by atoms with Crippen molar-refractivity contribution in [3.8, 4) is 0 Å². The minimum atomic E-state index is -0.913. The molecule has 0 saturated carbocycles. The number of carboxylic acids is 1. The van der Waals surface area contributed by atoms with Crippen molar-refractivity contribution in [2.24, 2.45) is 11.8 Å². The summed E-state index contributed by atoms with van der Waals surface area (Å²) in [6.45, 7) is 10.1. The lowest BCUT2D eigenvalue weighted by atomic mass is 9.85. The van der Waals surface area contributed by atoms with E-state index < -0.39 is 5.97 Å². The van der Waals surface area contributed by atoms with E-state index in [0.29, 0.717) is 17.9 Å². The first-order valence-corrected chi connectivity index (χ1v) is 7.66. The molecule has 0 radical (unpaired) electrons. The fourth-order valence-electron chi connectivity index (χ4n) is 3.31. The molecule has 1 aromatic rings. The summed E-state index contributed by atoms with van der Waals surface area (Å²) < 4.78 is 0. The van der Waals surface area contributed by atoms with E-state index >= 15 is 0 Å². The molecule has 1 aliphatic heterocycles. The van der Waals surface area contributed by atoms with Crippen LogP contribution in [0.4, 0.5) is 5.69 Å². The highest BCUT2D eigenvalue weighted by Gasteiger charge is 2.29. The molecule has 0 aliphatic carbocycles. The summed E-state index contributed by atoms with van der Waals surface area (Å²) in [6, 6.07) is 6.72. The van der Waals surface area contributed by atoms with Gasteiger partial charge in [0.1, 0.15) is 0 Å². The summed E-state index contributed by atoms with van der Waals surface area (Å²) in [5, 5.41) is 8.70. The molecule has 3 atom stereocenters. The number of carboxylic acid groups (broad SMARTS) is 1. The van der Waals surface area contributed by atoms with Crippen molar-refractivity contribution in [3.63, 3.8) is 0 Å². The van der Waals surface area contributed by atoms with Crippen molar-refractivity contribution in [1.29, 1.82) is 0 Å². The van der Waals surface area contributed by atoms with Gasteiger partial charge in [-0.05, 0) is 61.4 Å². The first-order chi connectivity index (χ1) is 9.88. The van der Waals surface area contributed by atoms with Crippen LogP contribution in [0.1, 0.15) is 38.3 Å². The van der Waals surface area contributed by atoms with Crippen LogP contribution in [0, 0.1) is 18.8 Å². The van der Waals surface area contributed by atoms with Crippen molar-refractivity contribution in [1.82, 2.24) is 0 Å². The number of nitrogens with zero attached hydrogens (tertiary/aromatic N) is 1. The first-order valence-electron chi connectivity index (χ1n) is 7.66. The summed E-state index contributed by atoms with van der Waals surface area (Å²) in [5.74, 6) is 0.492. The van der Waals surface area contributed by atoms with Gasteiger partial charge >= 0.3 is 5.97 Å². The quantitative estimate of drug-likeness (QED) is 0.855. The van der Waals surface area contributed by atoms with Crippen molar-refractivity contribution in [2.45, 2.75) is 40.2 Å². The van der Waals surface area contributed by atoms with E-state index in [0.717, 1.165) is 12.1 Å². The maximum absolute atomic E-state index is 10.6. The van der Waals surface area contributed by atoms with Crippen LogP contribution in [0.25, 0.3) is 6.08 Å². The second-order valence-corrected chi connectivity index (χ2v) is 6.43. The normalized spacial score (nSPS) is 26.3. The summed E-state index contributed by atoms with van der Waals surface area (Å²) in [6.07, 6.45) is 4.11. The van der Waals surface area contributed by atoms with Gasteiger partial charge in [0.05, 0.1) is 0 Å². The standard InChI is InChI=1S/C18H25NO2/c1-12-9-13(2)15(4)19(11-12)17-7-5-16(10-14(17)3)6-8-18(20)21/h5-8,10,12-13,15H,9,11H2,1-4H3,(H,20,21)/b8-6+. The summed E-state index contributed by atoms with van der Waals surface area (Å²) in [7, 11) is 0. The van der Waals surface area contributed by atoms with Gasteiger partial charge in [-0.1, -0.05) is 19.9 Å². The van der Waals surface area contributed by atoms with E-state index in [1.54, 1.807) is 6.08 Å². The van der Waals surface area contributed by atoms with Gasteiger partial charge in [-0.3, -0.25) is 0 Å². The number of benzene rings is 1. The molecular weight excluding hydrogens is 262 g/mol. The van der Waals surface area contributed by atoms with E-state index in [4.69, 9.17) is 5.11 Å². The molecule has 0 aromatic heterocycles. The van der Waals surface area contributed by atoms with Gasteiger partial charge in [0.15, 0.2) is 0 Å². The molecule has 114 valence electrons. The molecule has 3 heteroatoms. The first kappa shape index (κ1) is 15.6. The van der Waals surface area contributed by atoms with Crippen LogP contribution in [0.3, 0.4) is 0 Å². The molecule has 1 heterocycles. The van der Waals surface area contributed by atoms with E-state index in [-0.39, 0.29) is 0 Å². The van der Waals surface area contributed by atoms with Crippen LogP contribution < -0.4 is 4.90 Å². The molecule has 1 aliphatic rings. The molecule has 1 fully saturated rings. The van der Waals surface area contributed by atoms with Gasteiger partial charge in [0, 0.05) is 24.4 Å². The summed E-state index contributed by atoms with van der Waals surface area (Å²) in [5.41, 5.74) is 3.41. The van der Waals surface area contributed by atoms with E-state index in [9.17, 15) is 4.79 Å². The zero-order chi connectivity index (χ0) is 15.6. The molecule has 1 saturated heterocycles. The lowest BCUT2D eigenvalue weighted by Gasteiger charge is -2.43. The highest BCUT2D eigenvalue weighted by molar-refractivity contribution is 5.85. The highest BCUT2D eigenvalue weighted by atomic mass is 16.4. The fraction of sp³-hybridized carbons (Fsp3) is 0.500. The minimum absolute atomic E-state index is 0.542. The predicted octanol–water partition coefficient (Wildman–Crippen LogP) is 3.96. The van der Waals surface area contributed by atoms with Crippen LogP contribution in [0.15, 0.2) is 24.3 Å². The third-order valence-electron chi connectivity index (χ3n) is 4.55. The van der Waals surface area contributed by atoms with Crippen LogP contribution in [0.2, 0.25) is 0 Å². The Balaban J connectivity index is 2.26. The Labute approximate surface area is 127 Å². The van der Waals surface area contributed by atoms with Crippen LogP contribution in [0.5, 0.6) is 0 Å². The van der Waals surface area contributed by atoms with Gasteiger partial charge in [-0.25, -0.2) is 4.79 Å². The molecule has 2 rings (SSSR count). The predicted molar refractivity (Wildman–Crippen MR) is 87.6 cm³/mol. The largest absolute Gasteiger partial charge is 0.478 e. The Morgan fingerprint density at radius 3 is 2.67 bits per heavy atom. The Hall–Kier alpha value is -1.77. The van der Waals surface area contributed by atoms with E-state index in [1.807, 2.05) is 6.07 Å². The Bertz CT molecular complexity index is 550. The lowest BCUT2D eigenvalue weighted by molar-refractivity contribution is -0.131. The zero-order valence-corrected chi connectivity index (χ0v) is 13.3. The van der Waals surface area contributed by atoms with Crippen molar-refractivity contribution < 1.29 is 9.90 Å². The number of hydrogen-bond acceptors (Lipinski definition) is 2. The van der Waals surface area contributed by atoms with Gasteiger partial charge in [0.25, 0.3) is 0 Å². The van der Waals surface area contributed by atoms with E-state index in [1.165, 1.54) is 23.7 Å². The van der Waals surface area contributed by atoms with E-state index in [2.05, 4.69) is 44.7 Å². The molecule has 3 nitrogen and oxygen atoms in total. The molecule has 0 spiro atoms. The molecule has 0 amide bonds. The molecule has 1 N–H and O–H groups in total. The Morgan fingerprint density at radius 2 is 2.05 bits per heavy atom. The lowest BCUT2D eigenvalue weighted by Crippen LogP contribution is -2.46. The smallest absolute Gasteiger partial charge is 0.328 e. The summed E-state index contributed by atoms with van der Waals surface area (Å²) in [4.78, 5) is 13.1. The highest BCUT2D eigenvalue weighted by Crippen LogP contribution is 2.33. The number of hydrogen-bond donors (Lipinski definition) is 1. The second-order valence-electron chi connectivity index (χ2n) is 6.43. The minimum Gasteiger partial charge on any atom is -0.478 e. The number of carbonyl (C=O) groups is 1. The molecule has 1 aromatic carbocycles. The number of aliphatic carboxylic acids is 1. The third kappa shape index (κ3) is 3.66. The topological polar surface area (TPSA) is 40.5 Å². The third-order valence-corrected chi connectivity index (χ3v) is 4.55. The average Bonchev–Trinajstić information content (AvgIpc) is 2.41. The monoisotopic (exact) mass is 287 g/mol. The number of piperidine rings is 1. The van der Waals surface area contributed by atoms with Gasteiger partial charge in [-0.15, -0.1) is 0 Å². The van der Waals surface area contributed by atoms with Crippen molar-refractivity contribution in [3.05, 3.63) is 35.4 Å². The molecule has 3 unspecified atom stereocenters. The van der Waals surface area contributed by atoms with Crippen LogP contribution in [-0.2, 0) is 4.79 Å². The van der Waals surface area contributed by atoms with Gasteiger partial charge in [-0.2, -0.15) is 0 Å². The van der Waals surface area contributed by atoms with Crippen LogP contribution in [-0.4, -0.2) is 23.7 Å². The Kier molecular flexibility index (Phi) is 4.71. The number of anilines is 1. The second kappa shape index (κ2) is 6.33. The maximum Gasteiger partial charge on any atom is 0.328 e. The number of aryl methyl sites for hydroxylation is 1. The zero-order valence-electron chi connectivity index (χ0n) is 13.3. The molecule has 21 heavy (non-hydrogen) atoms. The average molecular weight is 287 g/mol. The SMILES string of the molecule is Cc1cc(/C=C/C(=O)O)ccc1N1CC(C)CC(C)C1C. The Morgan fingerprint density at radius 1 is 1.33 bits per heavy atom. The molecular formula is C18H25NO2. The van der Waals surface area contributed by atoms with Crippen molar-refractivity contribution in [2.75, 3.05) is 11.4 Å². The van der Waals surface area contributed by atoms with Gasteiger partial charge in [0.2, 0.25) is 0 Å². The van der Waals surface area contributed by atoms with Crippen molar-refractivity contribution >= 4 is 17.7 Å². The van der Waals surface area contributed by atoms with Gasteiger partial charge < -0.3 is 10.0 Å².